The van der Waals surface area contributed by atoms with Crippen molar-refractivity contribution in [2.45, 2.75) is 6.92 Å². The molecule has 4 fully saturated rings. The molecule has 4 aliphatic rings. The third kappa shape index (κ3) is 5.50. The molecule has 1 aromatic rings. The molecule has 114 valence electrons. The Labute approximate surface area is 148 Å². The third-order valence-corrected chi connectivity index (χ3v) is 5.74. The maximum absolute atomic E-state index is 2.57. The summed E-state index contributed by atoms with van der Waals surface area (Å²) in [5, 5.41) is 0. The van der Waals surface area contributed by atoms with Crippen LogP contribution in [0.4, 0.5) is 0 Å². The summed E-state index contributed by atoms with van der Waals surface area (Å²) < 4.78 is 0. The smallest absolute Gasteiger partial charge is 1.00 e. The van der Waals surface area contributed by atoms with E-state index in [9.17, 15) is 0 Å². The molecule has 4 bridgehead atoms. The van der Waals surface area contributed by atoms with Gasteiger partial charge in [-0.05, 0) is 6.92 Å². The molecule has 4 saturated heterocycles. The van der Waals surface area contributed by atoms with Crippen molar-refractivity contribution in [2.75, 3.05) is 38.9 Å². The molecule has 20 heavy (non-hydrogen) atoms. The molecule has 0 aliphatic carbocycles. The average molecular weight is 421 g/mol. The SMILES string of the molecule is C1N2CN3CN1CP(C2)C3.Cc1ccccc1.[Cl-].[Cl-].[Ru+2]. The molecule has 0 saturated carbocycles. The van der Waals surface area contributed by atoms with Gasteiger partial charge in [0.1, 0.15) is 0 Å². The summed E-state index contributed by atoms with van der Waals surface area (Å²) in [4.78, 5) is 7.71. The Bertz CT molecular complexity index is 327. The van der Waals surface area contributed by atoms with Crippen LogP contribution in [0.3, 0.4) is 0 Å². The summed E-state index contributed by atoms with van der Waals surface area (Å²) in [7, 11) is 0.366. The van der Waals surface area contributed by atoms with E-state index in [0.29, 0.717) is 7.92 Å². The van der Waals surface area contributed by atoms with Crippen LogP contribution < -0.4 is 24.8 Å². The second-order valence-electron chi connectivity index (χ2n) is 5.19. The van der Waals surface area contributed by atoms with Crippen molar-refractivity contribution in [3.8, 4) is 0 Å². The topological polar surface area (TPSA) is 9.72 Å². The molecule has 4 heterocycles. The fraction of sp³-hybridized carbons (Fsp3) is 0.538. The van der Waals surface area contributed by atoms with Crippen molar-refractivity contribution in [1.29, 1.82) is 0 Å². The van der Waals surface area contributed by atoms with E-state index in [0.717, 1.165) is 0 Å². The van der Waals surface area contributed by atoms with Gasteiger partial charge in [0, 0.05) is 18.9 Å². The Hall–Kier alpha value is 0.733. The Morgan fingerprint density at radius 3 is 1.45 bits per heavy atom. The van der Waals surface area contributed by atoms with Gasteiger partial charge in [-0.25, -0.2) is 0 Å². The Morgan fingerprint density at radius 1 is 0.800 bits per heavy atom. The number of rotatable bonds is 0. The maximum atomic E-state index is 2.57. The number of nitrogens with zero attached hydrogens (tertiary/aromatic N) is 3. The normalized spacial score (nSPS) is 31.9. The van der Waals surface area contributed by atoms with E-state index in [-0.39, 0.29) is 44.3 Å². The molecule has 0 aromatic heterocycles. The van der Waals surface area contributed by atoms with Gasteiger partial charge in [-0.15, -0.1) is 0 Å². The molecular weight excluding hydrogens is 401 g/mol. The van der Waals surface area contributed by atoms with Crippen LogP contribution in [0.15, 0.2) is 30.3 Å². The second-order valence-corrected chi connectivity index (χ2v) is 7.38. The number of aryl methyl sites for hydroxylation is 1. The summed E-state index contributed by atoms with van der Waals surface area (Å²) in [6, 6.07) is 10.3. The van der Waals surface area contributed by atoms with Crippen LogP contribution in [-0.2, 0) is 19.5 Å². The molecule has 1 aromatic carbocycles. The molecule has 0 amide bonds. The Balaban J connectivity index is 0.000000330. The number of benzene rings is 1. The maximum Gasteiger partial charge on any atom is 2.00 e. The van der Waals surface area contributed by atoms with Crippen molar-refractivity contribution >= 4 is 7.92 Å². The molecule has 0 N–H and O–H groups in total. The van der Waals surface area contributed by atoms with Crippen molar-refractivity contribution in [1.82, 2.24) is 14.7 Å². The van der Waals surface area contributed by atoms with Crippen LogP contribution in [0.5, 0.6) is 0 Å². The predicted octanol–water partition coefficient (Wildman–Crippen LogP) is -3.84. The van der Waals surface area contributed by atoms with Gasteiger partial charge in [0.05, 0.1) is 20.0 Å². The van der Waals surface area contributed by atoms with Gasteiger partial charge in [-0.3, -0.25) is 14.7 Å². The zero-order chi connectivity index (χ0) is 11.7. The summed E-state index contributed by atoms with van der Waals surface area (Å²) in [5.74, 6) is 0. The van der Waals surface area contributed by atoms with Gasteiger partial charge in [-0.2, -0.15) is 0 Å². The molecule has 0 spiro atoms. The van der Waals surface area contributed by atoms with E-state index in [1.165, 1.54) is 44.4 Å². The first-order chi connectivity index (χ1) is 8.29. The second kappa shape index (κ2) is 9.69. The molecule has 0 unspecified atom stereocenters. The zero-order valence-corrected chi connectivity index (χ0v) is 15.7. The number of hydrogen-bond acceptors (Lipinski definition) is 3. The van der Waals surface area contributed by atoms with Gasteiger partial charge in [0.15, 0.2) is 0 Å². The Morgan fingerprint density at radius 2 is 1.20 bits per heavy atom. The number of hydrogen-bond donors (Lipinski definition) is 0. The summed E-state index contributed by atoms with van der Waals surface area (Å²) >= 11 is 0. The first kappa shape index (κ1) is 20.7. The van der Waals surface area contributed by atoms with Crippen LogP contribution in [0.2, 0.25) is 0 Å². The molecule has 5 rings (SSSR count). The summed E-state index contributed by atoms with van der Waals surface area (Å²) in [6.07, 6.45) is 4.26. The largest absolute Gasteiger partial charge is 2.00 e. The van der Waals surface area contributed by atoms with E-state index in [1.54, 1.807) is 0 Å². The molecule has 4 aliphatic heterocycles. The van der Waals surface area contributed by atoms with Gasteiger partial charge in [0.2, 0.25) is 0 Å². The fourth-order valence-corrected chi connectivity index (χ4v) is 5.27. The van der Waals surface area contributed by atoms with Crippen molar-refractivity contribution in [3.63, 3.8) is 0 Å². The zero-order valence-electron chi connectivity index (χ0n) is 11.5. The van der Waals surface area contributed by atoms with Gasteiger partial charge in [-0.1, -0.05) is 43.8 Å². The van der Waals surface area contributed by atoms with Gasteiger partial charge >= 0.3 is 19.5 Å². The first-order valence-corrected chi connectivity index (χ1v) is 8.10. The van der Waals surface area contributed by atoms with E-state index in [2.05, 4.69) is 33.8 Å². The van der Waals surface area contributed by atoms with Gasteiger partial charge in [0.25, 0.3) is 0 Å². The molecule has 3 nitrogen and oxygen atoms in total. The van der Waals surface area contributed by atoms with Crippen LogP contribution in [0, 0.1) is 6.92 Å². The summed E-state index contributed by atoms with van der Waals surface area (Å²) in [6.45, 7) is 5.82. The van der Waals surface area contributed by atoms with Crippen LogP contribution in [-0.4, -0.2) is 53.6 Å². The summed E-state index contributed by atoms with van der Waals surface area (Å²) in [5.41, 5.74) is 1.32. The molecule has 7 heteroatoms. The monoisotopic (exact) mass is 421 g/mol. The van der Waals surface area contributed by atoms with Crippen molar-refractivity contribution < 1.29 is 44.3 Å². The molecule has 0 radical (unpaired) electrons. The van der Waals surface area contributed by atoms with Crippen molar-refractivity contribution in [3.05, 3.63) is 35.9 Å². The van der Waals surface area contributed by atoms with E-state index >= 15 is 0 Å². The minimum Gasteiger partial charge on any atom is -1.00 e. The van der Waals surface area contributed by atoms with E-state index in [1.807, 2.05) is 18.2 Å². The molecule has 0 atom stereocenters. The van der Waals surface area contributed by atoms with Crippen molar-refractivity contribution in [2.24, 2.45) is 0 Å². The Kier molecular flexibility index (Phi) is 10.0. The third-order valence-electron chi connectivity index (χ3n) is 3.34. The molecular formula is C13H20Cl2N3PRu. The minimum atomic E-state index is 0. The minimum absolute atomic E-state index is 0. The fourth-order valence-electron chi connectivity index (χ4n) is 2.77. The number of halogens is 2. The van der Waals surface area contributed by atoms with Crippen LogP contribution in [0.1, 0.15) is 5.56 Å². The quantitative estimate of drug-likeness (QED) is 0.314. The van der Waals surface area contributed by atoms with E-state index < -0.39 is 0 Å². The van der Waals surface area contributed by atoms with Crippen LogP contribution >= 0.6 is 7.92 Å². The predicted molar refractivity (Wildman–Crippen MR) is 72.8 cm³/mol. The van der Waals surface area contributed by atoms with E-state index in [4.69, 9.17) is 0 Å². The van der Waals surface area contributed by atoms with Gasteiger partial charge < -0.3 is 24.8 Å². The standard InChI is InChI=1S/C7H8.C6H12N3P.2ClH.Ru/c1-7-5-3-2-4-6-7;1-7-2-9-3-8(1)5-10(4-7)6-9;;;/h2-6H,1H3;1-6H2;2*1H;/q;;;;+2/p-2. The van der Waals surface area contributed by atoms with Crippen LogP contribution in [0.25, 0.3) is 0 Å². The first-order valence-electron chi connectivity index (χ1n) is 6.21. The average Bonchev–Trinajstić information content (AvgIpc) is 2.28.